The molecule has 2 heteroatoms. The summed E-state index contributed by atoms with van der Waals surface area (Å²) in [5, 5.41) is 12.7. The molecule has 2 heterocycles. The molecule has 0 spiro atoms. The van der Waals surface area contributed by atoms with E-state index in [0.29, 0.717) is 0 Å². The van der Waals surface area contributed by atoms with E-state index in [2.05, 4.69) is 241 Å². The summed E-state index contributed by atoms with van der Waals surface area (Å²) >= 11 is 0. The molecule has 1 aliphatic carbocycles. The fraction of sp³-hybridized carbons (Fsp3) is 0.0476. The van der Waals surface area contributed by atoms with E-state index in [0.717, 1.165) is 0 Å². The van der Waals surface area contributed by atoms with Crippen molar-refractivity contribution < 1.29 is 0 Å². The van der Waals surface area contributed by atoms with Crippen LogP contribution in [0.25, 0.3) is 121 Å². The van der Waals surface area contributed by atoms with Gasteiger partial charge in [0.25, 0.3) is 0 Å². The molecule has 0 N–H and O–H groups in total. The number of nitrogens with zero attached hydrogens (tertiary/aromatic N) is 2. The summed E-state index contributed by atoms with van der Waals surface area (Å²) in [6, 6.07) is 81.5. The van der Waals surface area contributed by atoms with Gasteiger partial charge >= 0.3 is 0 Å². The summed E-state index contributed by atoms with van der Waals surface area (Å²) in [5.74, 6) is 0. The average Bonchev–Trinajstić information content (AvgIpc) is 3.95. The van der Waals surface area contributed by atoms with Crippen molar-refractivity contribution in [1.29, 1.82) is 0 Å². The summed E-state index contributed by atoms with van der Waals surface area (Å²) in [7, 11) is 0. The van der Waals surface area contributed by atoms with Crippen molar-refractivity contribution >= 4 is 75.9 Å². The number of hydrogen-bond donors (Lipinski definition) is 0. The summed E-state index contributed by atoms with van der Waals surface area (Å²) in [5.41, 5.74) is 17.5. The van der Waals surface area contributed by atoms with Gasteiger partial charge in [-0.15, -0.1) is 0 Å². The fourth-order valence-corrected chi connectivity index (χ4v) is 11.6. The minimum absolute atomic E-state index is 0.0866. The Bertz CT molecular complexity index is 4130. The summed E-state index contributed by atoms with van der Waals surface area (Å²) in [4.78, 5) is 0. The molecule has 0 fully saturated rings. The molecule has 0 amide bonds. The van der Waals surface area contributed by atoms with E-state index < -0.39 is 0 Å². The van der Waals surface area contributed by atoms with Gasteiger partial charge in [0.05, 0.1) is 22.1 Å². The third-order valence-corrected chi connectivity index (χ3v) is 14.7. The predicted octanol–water partition coefficient (Wildman–Crippen LogP) is 17.0. The second-order valence-corrected chi connectivity index (χ2v) is 18.5. The minimum atomic E-state index is -0.0866. The Morgan fingerprint density at radius 3 is 1.28 bits per heavy atom. The Labute approximate surface area is 376 Å². The Morgan fingerprint density at radius 2 is 0.677 bits per heavy atom. The number of aromatic nitrogens is 2. The van der Waals surface area contributed by atoms with Crippen LogP contribution < -0.4 is 0 Å². The van der Waals surface area contributed by atoms with E-state index in [4.69, 9.17) is 0 Å². The molecule has 13 aromatic rings. The molecule has 304 valence electrons. The van der Waals surface area contributed by atoms with Gasteiger partial charge in [-0.3, -0.25) is 0 Å². The molecule has 65 heavy (non-hydrogen) atoms. The third kappa shape index (κ3) is 5.17. The van der Waals surface area contributed by atoms with Crippen molar-refractivity contribution in [2.24, 2.45) is 0 Å². The maximum atomic E-state index is 2.47. The number of para-hydroxylation sites is 3. The van der Waals surface area contributed by atoms with Gasteiger partial charge in [-0.05, 0) is 156 Å². The standard InChI is InChI=1S/C63H42N2/c1-63(2)57-23-13-11-21-49(57)53-37-56-55-36-42(28-32-61(55)65(62(56)38-58(53)63)44-17-7-4-8-18-44)40-26-30-48-46-20-10-9-19-45(46)47-29-25-39(33-51(47)52(48)34-40)41-27-31-60-54(35-41)50-22-12-14-24-59(50)64(60)43-15-5-3-6-16-43/h3-38H,1-2H3. The zero-order valence-electron chi connectivity index (χ0n) is 36.2. The Kier molecular flexibility index (Phi) is 7.49. The maximum Gasteiger partial charge on any atom is 0.0544 e. The second-order valence-electron chi connectivity index (χ2n) is 18.5. The Balaban J connectivity index is 0.974. The van der Waals surface area contributed by atoms with Crippen LogP contribution in [-0.2, 0) is 5.41 Å². The highest BCUT2D eigenvalue weighted by Gasteiger charge is 2.36. The van der Waals surface area contributed by atoms with Crippen LogP contribution >= 0.6 is 0 Å². The molecule has 14 rings (SSSR count). The topological polar surface area (TPSA) is 9.86 Å². The third-order valence-electron chi connectivity index (χ3n) is 14.7. The van der Waals surface area contributed by atoms with E-state index in [1.54, 1.807) is 0 Å². The SMILES string of the molecule is CC1(C)c2ccccc2-c2cc3c4cc(-c5ccc6c7ccccc7c7ccc(-c8ccc9c(c8)c8ccccc8n9-c8ccccc8)cc7c6c5)ccc4n(-c4ccccc4)c3cc21. The van der Waals surface area contributed by atoms with Gasteiger partial charge in [0, 0.05) is 38.3 Å². The highest BCUT2D eigenvalue weighted by Crippen LogP contribution is 2.51. The first-order valence-electron chi connectivity index (χ1n) is 22.8. The molecule has 2 aromatic heterocycles. The Hall–Kier alpha value is -8.20. The van der Waals surface area contributed by atoms with Crippen molar-refractivity contribution in [3.05, 3.63) is 230 Å². The molecule has 1 aliphatic rings. The predicted molar refractivity (Wildman–Crippen MR) is 276 cm³/mol. The largest absolute Gasteiger partial charge is 0.309 e. The van der Waals surface area contributed by atoms with Gasteiger partial charge in [0.2, 0.25) is 0 Å². The molecule has 0 atom stereocenters. The van der Waals surface area contributed by atoms with Crippen molar-refractivity contribution in [2.45, 2.75) is 19.3 Å². The van der Waals surface area contributed by atoms with Crippen LogP contribution in [0.1, 0.15) is 25.0 Å². The highest BCUT2D eigenvalue weighted by molar-refractivity contribution is 6.26. The molecule has 11 aromatic carbocycles. The van der Waals surface area contributed by atoms with Crippen LogP contribution in [0, 0.1) is 0 Å². The van der Waals surface area contributed by atoms with Crippen molar-refractivity contribution in [1.82, 2.24) is 9.13 Å². The quantitative estimate of drug-likeness (QED) is 0.156. The molecule has 0 saturated heterocycles. The molecular formula is C63H42N2. The number of hydrogen-bond acceptors (Lipinski definition) is 0. The highest BCUT2D eigenvalue weighted by atomic mass is 15.0. The maximum absolute atomic E-state index is 2.47. The molecular weight excluding hydrogens is 785 g/mol. The molecule has 0 aliphatic heterocycles. The second kappa shape index (κ2) is 13.4. The van der Waals surface area contributed by atoms with Gasteiger partial charge in [-0.1, -0.05) is 153 Å². The number of benzene rings is 11. The van der Waals surface area contributed by atoms with Crippen LogP contribution in [-0.4, -0.2) is 9.13 Å². The first-order chi connectivity index (χ1) is 32.0. The summed E-state index contributed by atoms with van der Waals surface area (Å²) in [6.07, 6.45) is 0. The van der Waals surface area contributed by atoms with E-state index in [9.17, 15) is 0 Å². The molecule has 0 radical (unpaired) electrons. The number of fused-ring (bicyclic) bond motifs is 15. The van der Waals surface area contributed by atoms with Crippen molar-refractivity contribution in [3.63, 3.8) is 0 Å². The van der Waals surface area contributed by atoms with Crippen molar-refractivity contribution in [2.75, 3.05) is 0 Å². The zero-order valence-corrected chi connectivity index (χ0v) is 36.2. The summed E-state index contributed by atoms with van der Waals surface area (Å²) < 4.78 is 4.85. The van der Waals surface area contributed by atoms with Gasteiger partial charge in [0.15, 0.2) is 0 Å². The van der Waals surface area contributed by atoms with Gasteiger partial charge in [0.1, 0.15) is 0 Å². The van der Waals surface area contributed by atoms with Crippen LogP contribution in [0.2, 0.25) is 0 Å². The van der Waals surface area contributed by atoms with Crippen LogP contribution in [0.15, 0.2) is 218 Å². The van der Waals surface area contributed by atoms with E-state index in [1.165, 1.54) is 132 Å². The lowest BCUT2D eigenvalue weighted by Gasteiger charge is -2.21. The van der Waals surface area contributed by atoms with Gasteiger partial charge < -0.3 is 9.13 Å². The Morgan fingerprint density at radius 1 is 0.262 bits per heavy atom. The zero-order chi connectivity index (χ0) is 43.0. The lowest BCUT2D eigenvalue weighted by Crippen LogP contribution is -2.14. The molecule has 0 unspecified atom stereocenters. The number of rotatable bonds is 4. The van der Waals surface area contributed by atoms with Gasteiger partial charge in [-0.2, -0.15) is 0 Å². The lowest BCUT2D eigenvalue weighted by atomic mass is 9.82. The van der Waals surface area contributed by atoms with E-state index in [-0.39, 0.29) is 5.41 Å². The monoisotopic (exact) mass is 826 g/mol. The lowest BCUT2D eigenvalue weighted by molar-refractivity contribution is 0.661. The van der Waals surface area contributed by atoms with Crippen LogP contribution in [0.5, 0.6) is 0 Å². The minimum Gasteiger partial charge on any atom is -0.309 e. The normalized spacial score (nSPS) is 13.2. The first-order valence-corrected chi connectivity index (χ1v) is 22.8. The van der Waals surface area contributed by atoms with Crippen LogP contribution in [0.4, 0.5) is 0 Å². The van der Waals surface area contributed by atoms with E-state index >= 15 is 0 Å². The van der Waals surface area contributed by atoms with Crippen molar-refractivity contribution in [3.8, 4) is 44.8 Å². The molecule has 2 nitrogen and oxygen atoms in total. The van der Waals surface area contributed by atoms with Gasteiger partial charge in [-0.25, -0.2) is 0 Å². The fourth-order valence-electron chi connectivity index (χ4n) is 11.6. The van der Waals surface area contributed by atoms with E-state index in [1.807, 2.05) is 0 Å². The molecule has 0 saturated carbocycles. The summed E-state index contributed by atoms with van der Waals surface area (Å²) in [6.45, 7) is 4.74. The first kappa shape index (κ1) is 36.3. The van der Waals surface area contributed by atoms with Crippen LogP contribution in [0.3, 0.4) is 0 Å². The smallest absolute Gasteiger partial charge is 0.0544 e. The molecule has 0 bridgehead atoms. The average molecular weight is 827 g/mol.